The van der Waals surface area contributed by atoms with Gasteiger partial charge in [-0.1, -0.05) is 19.9 Å². The minimum Gasteiger partial charge on any atom is -0.392 e. The summed E-state index contributed by atoms with van der Waals surface area (Å²) in [6.07, 6.45) is -0.323. The van der Waals surface area contributed by atoms with E-state index in [0.29, 0.717) is 12.5 Å². The number of aliphatic hydroxyl groups excluding tert-OH is 1. The third kappa shape index (κ3) is 5.94. The topological polar surface area (TPSA) is 66.4 Å². The molecule has 0 aliphatic heterocycles. The summed E-state index contributed by atoms with van der Waals surface area (Å²) in [5.41, 5.74) is -0.114. The minimum atomic E-state index is -3.77. The average Bonchev–Trinajstić information content (AvgIpc) is 2.30. The van der Waals surface area contributed by atoms with E-state index >= 15 is 0 Å². The third-order valence-corrected chi connectivity index (χ3v) is 3.94. The van der Waals surface area contributed by atoms with Gasteiger partial charge in [-0.25, -0.2) is 21.9 Å². The summed E-state index contributed by atoms with van der Waals surface area (Å²) in [6.45, 7) is 3.69. The van der Waals surface area contributed by atoms with Gasteiger partial charge in [0.15, 0.2) is 0 Å². The van der Waals surface area contributed by atoms with Crippen molar-refractivity contribution in [2.24, 2.45) is 5.92 Å². The van der Waals surface area contributed by atoms with Crippen molar-refractivity contribution in [3.8, 4) is 0 Å². The van der Waals surface area contributed by atoms with Crippen molar-refractivity contribution in [1.82, 2.24) is 4.72 Å². The van der Waals surface area contributed by atoms with Gasteiger partial charge in [-0.15, -0.1) is 0 Å². The summed E-state index contributed by atoms with van der Waals surface area (Å²) in [5, 5.41) is 9.59. The molecule has 1 aromatic rings. The summed E-state index contributed by atoms with van der Waals surface area (Å²) in [5.74, 6) is -2.01. The molecule has 4 nitrogen and oxygen atoms in total. The quantitative estimate of drug-likeness (QED) is 0.807. The summed E-state index contributed by atoms with van der Waals surface area (Å²) < 4.78 is 51.8. The Morgan fingerprint density at radius 1 is 1.30 bits per heavy atom. The van der Waals surface area contributed by atoms with Crippen molar-refractivity contribution in [2.45, 2.75) is 32.1 Å². The van der Waals surface area contributed by atoms with E-state index in [9.17, 15) is 22.3 Å². The largest absolute Gasteiger partial charge is 0.392 e. The molecular formula is C13H19F2NO3S. The van der Waals surface area contributed by atoms with E-state index in [0.717, 1.165) is 12.1 Å². The molecule has 0 spiro atoms. The van der Waals surface area contributed by atoms with Crippen LogP contribution in [0, 0.1) is 17.6 Å². The Kier molecular flexibility index (Phi) is 6.04. The van der Waals surface area contributed by atoms with Gasteiger partial charge in [0.25, 0.3) is 0 Å². The van der Waals surface area contributed by atoms with Gasteiger partial charge in [-0.05, 0) is 18.4 Å². The second kappa shape index (κ2) is 7.10. The molecule has 7 heteroatoms. The maximum absolute atomic E-state index is 13.4. The number of benzene rings is 1. The first-order chi connectivity index (χ1) is 9.19. The predicted octanol–water partition coefficient (Wildman–Crippen LogP) is 1.79. The van der Waals surface area contributed by atoms with Crippen LogP contribution in [-0.2, 0) is 15.8 Å². The third-order valence-electron chi connectivity index (χ3n) is 2.64. The van der Waals surface area contributed by atoms with Gasteiger partial charge in [0, 0.05) is 18.2 Å². The molecule has 1 unspecified atom stereocenters. The van der Waals surface area contributed by atoms with Crippen molar-refractivity contribution in [3.63, 3.8) is 0 Å². The molecule has 0 fully saturated rings. The van der Waals surface area contributed by atoms with Crippen LogP contribution in [0.2, 0.25) is 0 Å². The van der Waals surface area contributed by atoms with Gasteiger partial charge < -0.3 is 5.11 Å². The van der Waals surface area contributed by atoms with E-state index in [1.165, 1.54) is 0 Å². The maximum atomic E-state index is 13.4. The molecule has 0 aromatic heterocycles. The van der Waals surface area contributed by atoms with Crippen LogP contribution in [0.25, 0.3) is 0 Å². The first-order valence-electron chi connectivity index (χ1n) is 6.29. The lowest BCUT2D eigenvalue weighted by Crippen LogP contribution is -2.33. The van der Waals surface area contributed by atoms with Gasteiger partial charge in [-0.2, -0.15) is 0 Å². The molecule has 1 atom stereocenters. The summed E-state index contributed by atoms with van der Waals surface area (Å²) in [7, 11) is -3.77. The van der Waals surface area contributed by atoms with Crippen LogP contribution in [0.1, 0.15) is 25.8 Å². The van der Waals surface area contributed by atoms with Crippen LogP contribution in [0.3, 0.4) is 0 Å². The van der Waals surface area contributed by atoms with E-state index < -0.39 is 33.5 Å². The zero-order valence-electron chi connectivity index (χ0n) is 11.4. The highest BCUT2D eigenvalue weighted by atomic mass is 32.2. The molecule has 1 rings (SSSR count). The maximum Gasteiger partial charge on any atom is 0.215 e. The molecule has 20 heavy (non-hydrogen) atoms. The number of halogens is 2. The first-order valence-corrected chi connectivity index (χ1v) is 7.94. The number of rotatable bonds is 7. The van der Waals surface area contributed by atoms with Gasteiger partial charge in [0.05, 0.1) is 11.9 Å². The number of sulfonamides is 1. The Morgan fingerprint density at radius 3 is 2.50 bits per heavy atom. The number of nitrogens with one attached hydrogen (secondary N) is 1. The molecular weight excluding hydrogens is 288 g/mol. The zero-order valence-corrected chi connectivity index (χ0v) is 12.3. The molecule has 2 N–H and O–H groups in total. The van der Waals surface area contributed by atoms with E-state index in [4.69, 9.17) is 0 Å². The van der Waals surface area contributed by atoms with Crippen molar-refractivity contribution in [1.29, 1.82) is 0 Å². The lowest BCUT2D eigenvalue weighted by atomic mass is 10.1. The summed E-state index contributed by atoms with van der Waals surface area (Å²) in [6, 6.07) is 2.73. The molecule has 0 saturated heterocycles. The average molecular weight is 307 g/mol. The van der Waals surface area contributed by atoms with Crippen LogP contribution in [0.15, 0.2) is 18.2 Å². The molecule has 0 aliphatic rings. The Hall–Kier alpha value is -1.05. The van der Waals surface area contributed by atoms with Crippen molar-refractivity contribution < 1.29 is 22.3 Å². The highest BCUT2D eigenvalue weighted by Crippen LogP contribution is 2.12. The Labute approximate surface area is 117 Å². The fourth-order valence-electron chi connectivity index (χ4n) is 1.75. The van der Waals surface area contributed by atoms with Gasteiger partial charge in [0.2, 0.25) is 10.0 Å². The molecule has 0 radical (unpaired) electrons. The van der Waals surface area contributed by atoms with Crippen LogP contribution in [0.5, 0.6) is 0 Å². The highest BCUT2D eigenvalue weighted by molar-refractivity contribution is 7.88. The Morgan fingerprint density at radius 2 is 1.95 bits per heavy atom. The van der Waals surface area contributed by atoms with Crippen LogP contribution in [-0.4, -0.2) is 26.2 Å². The minimum absolute atomic E-state index is 0.114. The van der Waals surface area contributed by atoms with E-state index in [-0.39, 0.29) is 18.0 Å². The van der Waals surface area contributed by atoms with Crippen LogP contribution < -0.4 is 4.72 Å². The normalized spacial score (nSPS) is 13.7. The number of hydrogen-bond donors (Lipinski definition) is 2. The second-order valence-electron chi connectivity index (χ2n) is 5.13. The molecule has 114 valence electrons. The monoisotopic (exact) mass is 307 g/mol. The van der Waals surface area contributed by atoms with Crippen molar-refractivity contribution in [3.05, 3.63) is 35.4 Å². The number of hydrogen-bond acceptors (Lipinski definition) is 3. The summed E-state index contributed by atoms with van der Waals surface area (Å²) >= 11 is 0. The zero-order chi connectivity index (χ0) is 15.3. The smallest absolute Gasteiger partial charge is 0.215 e. The van der Waals surface area contributed by atoms with Gasteiger partial charge in [0.1, 0.15) is 11.6 Å². The van der Waals surface area contributed by atoms with Gasteiger partial charge in [-0.3, -0.25) is 0 Å². The van der Waals surface area contributed by atoms with E-state index in [2.05, 4.69) is 4.72 Å². The highest BCUT2D eigenvalue weighted by Gasteiger charge is 2.17. The fraction of sp³-hybridized carbons (Fsp3) is 0.538. The second-order valence-corrected chi connectivity index (χ2v) is 6.93. The Balaban J connectivity index is 2.61. The lowest BCUT2D eigenvalue weighted by Gasteiger charge is -2.14. The molecule has 0 saturated carbocycles. The Bertz CT molecular complexity index is 547. The van der Waals surface area contributed by atoms with Crippen LogP contribution in [0.4, 0.5) is 8.78 Å². The van der Waals surface area contributed by atoms with Crippen LogP contribution >= 0.6 is 0 Å². The fourth-order valence-corrected chi connectivity index (χ4v) is 2.94. The molecule has 0 bridgehead atoms. The molecule has 0 heterocycles. The predicted molar refractivity (Wildman–Crippen MR) is 72.4 cm³/mol. The van der Waals surface area contributed by atoms with E-state index in [1.54, 1.807) is 0 Å². The summed E-state index contributed by atoms with van der Waals surface area (Å²) in [4.78, 5) is 0. The number of aliphatic hydroxyl groups is 1. The van der Waals surface area contributed by atoms with E-state index in [1.807, 2.05) is 13.8 Å². The van der Waals surface area contributed by atoms with Gasteiger partial charge >= 0.3 is 0 Å². The standard InChI is InChI=1S/C13H19F2NO3S/c1-9(2)5-12(17)7-16-20(18,19)8-10-3-4-11(14)6-13(10)15/h3-4,6,9,12,16-17H,5,7-8H2,1-2H3. The lowest BCUT2D eigenvalue weighted by molar-refractivity contribution is 0.152. The SMILES string of the molecule is CC(C)CC(O)CNS(=O)(=O)Cc1ccc(F)cc1F. The first kappa shape index (κ1) is 17.0. The molecule has 0 aliphatic carbocycles. The molecule has 1 aromatic carbocycles. The molecule has 0 amide bonds. The van der Waals surface area contributed by atoms with Crippen molar-refractivity contribution >= 4 is 10.0 Å². The van der Waals surface area contributed by atoms with Crippen molar-refractivity contribution in [2.75, 3.05) is 6.54 Å².